The molecular weight excluding hydrogens is 406 g/mol. The van der Waals surface area contributed by atoms with Crippen LogP contribution < -0.4 is 16.0 Å². The maximum atomic E-state index is 13.4. The van der Waals surface area contributed by atoms with Crippen molar-refractivity contribution in [1.29, 1.82) is 5.26 Å². The molecule has 0 atom stereocenters. The zero-order chi connectivity index (χ0) is 22.8. The quantitative estimate of drug-likeness (QED) is 0.470. The molecular formula is C24H23N5O3. The largest absolute Gasteiger partial charge is 0.497 e. The number of ether oxygens (including phenoxy) is 1. The van der Waals surface area contributed by atoms with E-state index in [1.807, 2.05) is 19.9 Å². The summed E-state index contributed by atoms with van der Waals surface area (Å²) in [6.07, 6.45) is 1.56. The summed E-state index contributed by atoms with van der Waals surface area (Å²) >= 11 is 0. The second-order valence-corrected chi connectivity index (χ2v) is 7.98. The number of imidazole rings is 1. The molecule has 4 rings (SSSR count). The van der Waals surface area contributed by atoms with Crippen molar-refractivity contribution in [1.82, 2.24) is 18.7 Å². The van der Waals surface area contributed by atoms with E-state index in [-0.39, 0.29) is 11.5 Å². The standard InChI is InChI=1S/C24H23N5O3/c1-16(2)13-28-23(30)21-22(29(24(28)31)19-7-9-20(32-3)10-8-19)26-15-27(21)14-18-6-4-5-17(11-18)12-25/h4-11,15-16H,13-14H2,1-3H3. The molecule has 8 heteroatoms. The second kappa shape index (κ2) is 8.55. The van der Waals surface area contributed by atoms with Crippen LogP contribution in [0.5, 0.6) is 5.75 Å². The van der Waals surface area contributed by atoms with E-state index in [0.717, 1.165) is 5.56 Å². The highest BCUT2D eigenvalue weighted by Crippen LogP contribution is 2.18. The minimum absolute atomic E-state index is 0.103. The summed E-state index contributed by atoms with van der Waals surface area (Å²) in [6, 6.07) is 16.4. The Morgan fingerprint density at radius 1 is 1.12 bits per heavy atom. The highest BCUT2D eigenvalue weighted by molar-refractivity contribution is 5.72. The number of methoxy groups -OCH3 is 1. The van der Waals surface area contributed by atoms with Crippen LogP contribution in [0.25, 0.3) is 16.9 Å². The lowest BCUT2D eigenvalue weighted by Gasteiger charge is -2.14. The van der Waals surface area contributed by atoms with E-state index in [1.165, 1.54) is 9.13 Å². The Balaban J connectivity index is 1.96. The third-order valence-electron chi connectivity index (χ3n) is 5.19. The molecule has 0 aliphatic rings. The predicted octanol–water partition coefficient (Wildman–Crippen LogP) is 2.93. The van der Waals surface area contributed by atoms with Gasteiger partial charge in [0.05, 0.1) is 30.8 Å². The van der Waals surface area contributed by atoms with Crippen molar-refractivity contribution in [3.63, 3.8) is 0 Å². The SMILES string of the molecule is COc1ccc(-n2c(=O)n(CC(C)C)c(=O)c3c2ncn3Cc2cccc(C#N)c2)cc1. The maximum Gasteiger partial charge on any atom is 0.337 e. The molecule has 8 nitrogen and oxygen atoms in total. The number of hydrogen-bond acceptors (Lipinski definition) is 5. The van der Waals surface area contributed by atoms with Gasteiger partial charge in [-0.15, -0.1) is 0 Å². The predicted molar refractivity (Wildman–Crippen MR) is 121 cm³/mol. The molecule has 0 bridgehead atoms. The normalized spacial score (nSPS) is 11.1. The molecule has 0 N–H and O–H groups in total. The Morgan fingerprint density at radius 3 is 2.53 bits per heavy atom. The minimum Gasteiger partial charge on any atom is -0.497 e. The number of fused-ring (bicyclic) bond motifs is 1. The molecule has 0 fully saturated rings. The molecule has 2 aromatic heterocycles. The topological polar surface area (TPSA) is 94.8 Å². The zero-order valence-electron chi connectivity index (χ0n) is 18.1. The Labute approximate surface area is 184 Å². The Hall–Kier alpha value is -4.12. The summed E-state index contributed by atoms with van der Waals surface area (Å²) < 4.78 is 9.67. The molecule has 32 heavy (non-hydrogen) atoms. The minimum atomic E-state index is -0.432. The molecule has 2 aromatic carbocycles. The van der Waals surface area contributed by atoms with E-state index in [1.54, 1.807) is 60.5 Å². The van der Waals surface area contributed by atoms with Gasteiger partial charge in [0.15, 0.2) is 11.2 Å². The third-order valence-corrected chi connectivity index (χ3v) is 5.19. The van der Waals surface area contributed by atoms with Crippen LogP contribution in [-0.2, 0) is 13.1 Å². The molecule has 0 aliphatic carbocycles. The maximum absolute atomic E-state index is 13.4. The molecule has 162 valence electrons. The van der Waals surface area contributed by atoms with Gasteiger partial charge in [-0.25, -0.2) is 14.3 Å². The van der Waals surface area contributed by atoms with Gasteiger partial charge in [-0.1, -0.05) is 26.0 Å². The molecule has 0 amide bonds. The highest BCUT2D eigenvalue weighted by atomic mass is 16.5. The van der Waals surface area contributed by atoms with Gasteiger partial charge in [0, 0.05) is 13.1 Å². The first kappa shape index (κ1) is 21.1. The van der Waals surface area contributed by atoms with E-state index in [2.05, 4.69) is 11.1 Å². The smallest absolute Gasteiger partial charge is 0.337 e. The fraction of sp³-hybridized carbons (Fsp3) is 0.250. The Bertz CT molecular complexity index is 1440. The van der Waals surface area contributed by atoms with Gasteiger partial charge in [-0.3, -0.25) is 9.36 Å². The lowest BCUT2D eigenvalue weighted by Crippen LogP contribution is -2.41. The molecule has 2 heterocycles. The first-order valence-corrected chi connectivity index (χ1v) is 10.3. The van der Waals surface area contributed by atoms with Crippen molar-refractivity contribution in [2.45, 2.75) is 26.9 Å². The van der Waals surface area contributed by atoms with E-state index in [9.17, 15) is 14.9 Å². The van der Waals surface area contributed by atoms with Crippen molar-refractivity contribution >= 4 is 11.2 Å². The number of aromatic nitrogens is 4. The van der Waals surface area contributed by atoms with Crippen LogP contribution in [0.1, 0.15) is 25.0 Å². The lowest BCUT2D eigenvalue weighted by atomic mass is 10.1. The molecule has 0 spiro atoms. The van der Waals surface area contributed by atoms with Gasteiger partial charge in [-0.05, 0) is 47.9 Å². The van der Waals surface area contributed by atoms with Gasteiger partial charge in [-0.2, -0.15) is 5.26 Å². The van der Waals surface area contributed by atoms with Gasteiger partial charge in [0.25, 0.3) is 5.56 Å². The van der Waals surface area contributed by atoms with Crippen molar-refractivity contribution in [2.75, 3.05) is 7.11 Å². The van der Waals surface area contributed by atoms with Crippen LogP contribution >= 0.6 is 0 Å². The number of rotatable bonds is 6. The highest BCUT2D eigenvalue weighted by Gasteiger charge is 2.20. The molecule has 0 aliphatic heterocycles. The molecule has 4 aromatic rings. The Morgan fingerprint density at radius 2 is 1.88 bits per heavy atom. The first-order valence-electron chi connectivity index (χ1n) is 10.3. The van der Waals surface area contributed by atoms with Gasteiger partial charge >= 0.3 is 5.69 Å². The summed E-state index contributed by atoms with van der Waals surface area (Å²) in [7, 11) is 1.57. The summed E-state index contributed by atoms with van der Waals surface area (Å²) in [6.45, 7) is 4.56. The third kappa shape index (κ3) is 3.81. The van der Waals surface area contributed by atoms with Gasteiger partial charge < -0.3 is 9.30 Å². The van der Waals surface area contributed by atoms with Crippen LogP contribution in [0.3, 0.4) is 0 Å². The van der Waals surface area contributed by atoms with Crippen LogP contribution in [0.15, 0.2) is 64.4 Å². The fourth-order valence-electron chi connectivity index (χ4n) is 3.73. The van der Waals surface area contributed by atoms with Crippen LogP contribution in [0, 0.1) is 17.2 Å². The number of nitrogens with zero attached hydrogens (tertiary/aromatic N) is 5. The Kier molecular flexibility index (Phi) is 5.65. The summed E-state index contributed by atoms with van der Waals surface area (Å²) in [4.78, 5) is 31.2. The molecule has 0 radical (unpaired) electrons. The average Bonchev–Trinajstić information content (AvgIpc) is 3.20. The summed E-state index contributed by atoms with van der Waals surface area (Å²) in [5, 5.41) is 9.19. The zero-order valence-corrected chi connectivity index (χ0v) is 18.1. The van der Waals surface area contributed by atoms with E-state index in [0.29, 0.717) is 41.3 Å². The lowest BCUT2D eigenvalue weighted by molar-refractivity contribution is 0.414. The summed E-state index contributed by atoms with van der Waals surface area (Å²) in [5.74, 6) is 0.766. The van der Waals surface area contributed by atoms with Crippen LogP contribution in [-0.4, -0.2) is 25.8 Å². The number of nitriles is 1. The van der Waals surface area contributed by atoms with Crippen molar-refractivity contribution < 1.29 is 4.74 Å². The van der Waals surface area contributed by atoms with Crippen molar-refractivity contribution in [2.24, 2.45) is 5.92 Å². The first-order chi connectivity index (χ1) is 15.4. The second-order valence-electron chi connectivity index (χ2n) is 7.98. The van der Waals surface area contributed by atoms with E-state index in [4.69, 9.17) is 4.74 Å². The average molecular weight is 429 g/mol. The number of hydrogen-bond donors (Lipinski definition) is 0. The fourth-order valence-corrected chi connectivity index (χ4v) is 3.73. The van der Waals surface area contributed by atoms with Gasteiger partial charge in [0.1, 0.15) is 5.75 Å². The molecule has 0 saturated carbocycles. The van der Waals surface area contributed by atoms with E-state index >= 15 is 0 Å². The van der Waals surface area contributed by atoms with Crippen molar-refractivity contribution in [3.05, 3.63) is 86.8 Å². The van der Waals surface area contributed by atoms with Crippen LogP contribution in [0.2, 0.25) is 0 Å². The molecule has 0 unspecified atom stereocenters. The number of benzene rings is 2. The summed E-state index contributed by atoms with van der Waals surface area (Å²) in [5.41, 5.74) is 1.82. The van der Waals surface area contributed by atoms with Crippen molar-refractivity contribution in [3.8, 4) is 17.5 Å². The van der Waals surface area contributed by atoms with E-state index < -0.39 is 5.69 Å². The molecule has 0 saturated heterocycles. The van der Waals surface area contributed by atoms with Gasteiger partial charge in [0.2, 0.25) is 0 Å². The monoisotopic (exact) mass is 429 g/mol. The van der Waals surface area contributed by atoms with Crippen LogP contribution in [0.4, 0.5) is 0 Å².